The lowest BCUT2D eigenvalue weighted by Crippen LogP contribution is -2.40. The minimum atomic E-state index is -4.39. The maximum absolute atomic E-state index is 12.7. The number of hydrogen-bond donors (Lipinski definition) is 0. The Bertz CT molecular complexity index is 701. The van der Waals surface area contributed by atoms with E-state index in [4.69, 9.17) is 4.74 Å². The van der Waals surface area contributed by atoms with E-state index < -0.39 is 11.7 Å². The molecule has 0 radical (unpaired) electrons. The van der Waals surface area contributed by atoms with Gasteiger partial charge in [0.05, 0.1) is 11.7 Å². The van der Waals surface area contributed by atoms with Crippen molar-refractivity contribution in [3.8, 4) is 0 Å². The molecule has 1 fully saturated rings. The van der Waals surface area contributed by atoms with Crippen molar-refractivity contribution in [3.63, 3.8) is 0 Å². The summed E-state index contributed by atoms with van der Waals surface area (Å²) in [6, 6.07) is 4.57. The molecule has 0 N–H and O–H groups in total. The van der Waals surface area contributed by atoms with Gasteiger partial charge in [-0.1, -0.05) is 32.6 Å². The van der Waals surface area contributed by atoms with Crippen molar-refractivity contribution >= 4 is 5.91 Å². The van der Waals surface area contributed by atoms with Gasteiger partial charge in [0.2, 0.25) is 0 Å². The molecule has 4 nitrogen and oxygen atoms in total. The Kier molecular flexibility index (Phi) is 12.4. The number of carbonyl (C=O) groups excluding carboxylic acids is 1. The highest BCUT2D eigenvalue weighted by Crippen LogP contribution is 2.30. The second kappa shape index (κ2) is 14.7. The molecular formula is C27H43F3N2O2. The zero-order valence-corrected chi connectivity index (χ0v) is 21.2. The molecule has 0 atom stereocenters. The lowest BCUT2D eigenvalue weighted by atomic mass is 9.91. The van der Waals surface area contributed by atoms with Crippen LogP contribution < -0.4 is 0 Å². The van der Waals surface area contributed by atoms with Crippen LogP contribution in [0.3, 0.4) is 0 Å². The molecule has 1 aromatic rings. The van der Waals surface area contributed by atoms with Gasteiger partial charge in [0.25, 0.3) is 5.91 Å². The number of rotatable bonds is 14. The Morgan fingerprint density at radius 1 is 0.912 bits per heavy atom. The van der Waals surface area contributed by atoms with Gasteiger partial charge in [-0.05, 0) is 89.3 Å². The third kappa shape index (κ3) is 9.95. The number of nitrogens with zero attached hydrogens (tertiary/aromatic N) is 2. The normalized spacial score (nSPS) is 18.9. The summed E-state index contributed by atoms with van der Waals surface area (Å²) in [4.78, 5) is 16.8. The molecule has 34 heavy (non-hydrogen) atoms. The smallest absolute Gasteiger partial charge is 0.378 e. The quantitative estimate of drug-likeness (QED) is 0.273. The monoisotopic (exact) mass is 484 g/mol. The Morgan fingerprint density at radius 2 is 1.50 bits per heavy atom. The molecule has 194 valence electrons. The van der Waals surface area contributed by atoms with Gasteiger partial charge in [-0.15, -0.1) is 0 Å². The molecule has 7 heteroatoms. The lowest BCUT2D eigenvalue weighted by Gasteiger charge is -2.34. The van der Waals surface area contributed by atoms with E-state index in [9.17, 15) is 18.0 Å². The van der Waals surface area contributed by atoms with Crippen molar-refractivity contribution in [2.75, 3.05) is 33.8 Å². The van der Waals surface area contributed by atoms with Gasteiger partial charge in [0.1, 0.15) is 0 Å². The first kappa shape index (κ1) is 28.6. The van der Waals surface area contributed by atoms with Crippen molar-refractivity contribution < 1.29 is 22.7 Å². The summed E-state index contributed by atoms with van der Waals surface area (Å²) in [6.45, 7) is 5.40. The summed E-state index contributed by atoms with van der Waals surface area (Å²) in [7, 11) is 3.96. The van der Waals surface area contributed by atoms with Crippen LogP contribution in [0.4, 0.5) is 13.2 Å². The van der Waals surface area contributed by atoms with E-state index in [1.165, 1.54) is 63.7 Å². The van der Waals surface area contributed by atoms with Crippen LogP contribution in [-0.4, -0.2) is 61.6 Å². The first-order chi connectivity index (χ1) is 16.2. The third-order valence-corrected chi connectivity index (χ3v) is 6.90. The first-order valence-corrected chi connectivity index (χ1v) is 13.0. The summed E-state index contributed by atoms with van der Waals surface area (Å²) in [5, 5.41) is 0. The van der Waals surface area contributed by atoms with Crippen LogP contribution in [0.25, 0.3) is 0 Å². The predicted molar refractivity (Wildman–Crippen MR) is 131 cm³/mol. The van der Waals surface area contributed by atoms with E-state index in [-0.39, 0.29) is 18.1 Å². The number of amides is 1. The highest BCUT2D eigenvalue weighted by Gasteiger charge is 2.31. The van der Waals surface area contributed by atoms with Crippen LogP contribution in [0.5, 0.6) is 0 Å². The fourth-order valence-corrected chi connectivity index (χ4v) is 4.60. The minimum absolute atomic E-state index is 0.101. The standard InChI is InChI=1S/C27H43F3N2O2/c1-4-5-8-19-31(2)20-9-6-7-10-21-34-25-17-15-24(16-18-25)32(3)26(33)22-11-13-23(14-12-22)27(28,29)30/h11-14,24-25H,4-10,15-21H2,1-3H3. The highest BCUT2D eigenvalue weighted by molar-refractivity contribution is 5.94. The fourth-order valence-electron chi connectivity index (χ4n) is 4.60. The number of hydrogen-bond acceptors (Lipinski definition) is 3. The largest absolute Gasteiger partial charge is 0.416 e. The maximum atomic E-state index is 12.7. The Morgan fingerprint density at radius 3 is 2.09 bits per heavy atom. The molecule has 0 spiro atoms. The molecule has 0 aliphatic heterocycles. The summed E-state index contributed by atoms with van der Waals surface area (Å²) in [5.41, 5.74) is -0.444. The minimum Gasteiger partial charge on any atom is -0.378 e. The van der Waals surface area contributed by atoms with E-state index in [2.05, 4.69) is 18.9 Å². The van der Waals surface area contributed by atoms with Gasteiger partial charge in [0.15, 0.2) is 0 Å². The molecular weight excluding hydrogens is 441 g/mol. The van der Waals surface area contributed by atoms with E-state index in [1.807, 2.05) is 0 Å². The van der Waals surface area contributed by atoms with Crippen LogP contribution in [0, 0.1) is 0 Å². The Hall–Kier alpha value is -1.60. The Balaban J connectivity index is 1.58. The number of unbranched alkanes of at least 4 members (excludes halogenated alkanes) is 5. The molecule has 1 saturated carbocycles. The van der Waals surface area contributed by atoms with Crippen LogP contribution >= 0.6 is 0 Å². The van der Waals surface area contributed by atoms with Crippen LogP contribution in [0.1, 0.15) is 93.5 Å². The number of alkyl halides is 3. The topological polar surface area (TPSA) is 32.8 Å². The number of ether oxygens (including phenoxy) is 1. The zero-order chi connectivity index (χ0) is 25.0. The molecule has 0 heterocycles. The van der Waals surface area contributed by atoms with Crippen LogP contribution in [0.2, 0.25) is 0 Å². The van der Waals surface area contributed by atoms with Crippen molar-refractivity contribution in [2.45, 2.75) is 95.9 Å². The first-order valence-electron chi connectivity index (χ1n) is 13.0. The molecule has 1 aliphatic rings. The van der Waals surface area contributed by atoms with Crippen molar-refractivity contribution in [2.24, 2.45) is 0 Å². The number of halogens is 3. The van der Waals surface area contributed by atoms with Crippen molar-refractivity contribution in [3.05, 3.63) is 35.4 Å². The maximum Gasteiger partial charge on any atom is 0.416 e. The van der Waals surface area contributed by atoms with Crippen LogP contribution in [0.15, 0.2) is 24.3 Å². The summed E-state index contributed by atoms with van der Waals surface area (Å²) in [6.07, 6.45) is 8.05. The molecule has 0 aromatic heterocycles. The van der Waals surface area contributed by atoms with Gasteiger partial charge in [0, 0.05) is 25.3 Å². The number of benzene rings is 1. The van der Waals surface area contributed by atoms with Gasteiger partial charge >= 0.3 is 6.18 Å². The zero-order valence-electron chi connectivity index (χ0n) is 21.2. The van der Waals surface area contributed by atoms with Gasteiger partial charge in [-0.3, -0.25) is 4.79 Å². The van der Waals surface area contributed by atoms with Crippen LogP contribution in [-0.2, 0) is 10.9 Å². The molecule has 1 aliphatic carbocycles. The predicted octanol–water partition coefficient (Wildman–Crippen LogP) is 6.79. The molecule has 2 rings (SSSR count). The van der Waals surface area contributed by atoms with Crippen molar-refractivity contribution in [1.82, 2.24) is 9.80 Å². The molecule has 0 unspecified atom stereocenters. The molecule has 1 aromatic carbocycles. The summed E-state index contributed by atoms with van der Waals surface area (Å²) < 4.78 is 44.3. The molecule has 1 amide bonds. The summed E-state index contributed by atoms with van der Waals surface area (Å²) >= 11 is 0. The van der Waals surface area contributed by atoms with Gasteiger partial charge in [-0.2, -0.15) is 13.2 Å². The number of carbonyl (C=O) groups is 1. The van der Waals surface area contributed by atoms with E-state index in [1.54, 1.807) is 11.9 Å². The SMILES string of the molecule is CCCCCN(C)CCCCCCOC1CCC(N(C)C(=O)c2ccc(C(F)(F)F)cc2)CC1. The van der Waals surface area contributed by atoms with Gasteiger partial charge < -0.3 is 14.5 Å². The van der Waals surface area contributed by atoms with E-state index in [0.29, 0.717) is 5.56 Å². The summed E-state index contributed by atoms with van der Waals surface area (Å²) in [5.74, 6) is -0.228. The fraction of sp³-hybridized carbons (Fsp3) is 0.741. The third-order valence-electron chi connectivity index (χ3n) is 6.90. The molecule has 0 bridgehead atoms. The second-order valence-electron chi connectivity index (χ2n) is 9.72. The molecule has 0 saturated heterocycles. The highest BCUT2D eigenvalue weighted by atomic mass is 19.4. The van der Waals surface area contributed by atoms with Crippen molar-refractivity contribution in [1.29, 1.82) is 0 Å². The van der Waals surface area contributed by atoms with E-state index in [0.717, 1.165) is 50.8 Å². The second-order valence-corrected chi connectivity index (χ2v) is 9.72. The Labute approximate surface area is 203 Å². The lowest BCUT2D eigenvalue weighted by molar-refractivity contribution is -0.137. The average molecular weight is 485 g/mol. The van der Waals surface area contributed by atoms with E-state index >= 15 is 0 Å². The average Bonchev–Trinajstić information content (AvgIpc) is 2.82. The van der Waals surface area contributed by atoms with Gasteiger partial charge in [-0.25, -0.2) is 0 Å².